The van der Waals surface area contributed by atoms with Gasteiger partial charge in [0.25, 0.3) is 0 Å². The Balaban J connectivity index is 1.98. The fraction of sp³-hybridized carbons (Fsp3) is 0.500. The van der Waals surface area contributed by atoms with Gasteiger partial charge in [-0.1, -0.05) is 17.7 Å². The van der Waals surface area contributed by atoms with Crippen LogP contribution in [0.4, 0.5) is 5.69 Å². The van der Waals surface area contributed by atoms with Gasteiger partial charge in [-0.25, -0.2) is 0 Å². The zero-order chi connectivity index (χ0) is 14.7. The summed E-state index contributed by atoms with van der Waals surface area (Å²) in [4.78, 5) is 13.9. The molecule has 2 heterocycles. The molecule has 0 spiro atoms. The smallest absolute Gasteiger partial charge is 0.384 e. The predicted octanol–water partition coefficient (Wildman–Crippen LogP) is 2.82. The minimum atomic E-state index is -0.702. The third kappa shape index (κ3) is 1.88. The van der Waals surface area contributed by atoms with Gasteiger partial charge in [0.05, 0.1) is 17.6 Å². The van der Waals surface area contributed by atoms with Gasteiger partial charge in [-0.15, -0.1) is 0 Å². The third-order valence-electron chi connectivity index (χ3n) is 4.40. The molecule has 20 heavy (non-hydrogen) atoms. The normalized spacial score (nSPS) is 23.4. The largest absolute Gasteiger partial charge is 0.601 e. The second-order valence-corrected chi connectivity index (χ2v) is 6.65. The summed E-state index contributed by atoms with van der Waals surface area (Å²) in [6.45, 7) is 7.86. The summed E-state index contributed by atoms with van der Waals surface area (Å²) in [7, 11) is -0.702. The number of anilines is 1. The van der Waals surface area contributed by atoms with Crippen molar-refractivity contribution in [2.75, 3.05) is 4.81 Å². The first-order valence-corrected chi connectivity index (χ1v) is 7.06. The van der Waals surface area contributed by atoms with Crippen molar-refractivity contribution in [1.82, 2.24) is 0 Å². The number of halogens is 1. The molecule has 2 aliphatic heterocycles. The van der Waals surface area contributed by atoms with Crippen LogP contribution >= 0.6 is 11.6 Å². The predicted molar refractivity (Wildman–Crippen MR) is 78.7 cm³/mol. The first-order chi connectivity index (χ1) is 9.23. The molecule has 0 radical (unpaired) electrons. The quantitative estimate of drug-likeness (QED) is 0.747. The van der Waals surface area contributed by atoms with Gasteiger partial charge in [-0.2, -0.15) is 0 Å². The molecule has 0 bridgehead atoms. The second kappa shape index (κ2) is 4.23. The Labute approximate surface area is 124 Å². The van der Waals surface area contributed by atoms with Crippen molar-refractivity contribution in [2.45, 2.75) is 45.3 Å². The maximum Gasteiger partial charge on any atom is 0.601 e. The van der Waals surface area contributed by atoms with E-state index in [4.69, 9.17) is 20.9 Å². The van der Waals surface area contributed by atoms with E-state index in [-0.39, 0.29) is 5.91 Å². The molecule has 0 unspecified atom stereocenters. The molecule has 0 saturated carbocycles. The molecule has 0 N–H and O–H groups in total. The number of rotatable bonds is 1. The highest BCUT2D eigenvalue weighted by Gasteiger charge is 2.56. The Bertz CT molecular complexity index is 572. The lowest BCUT2D eigenvalue weighted by Gasteiger charge is -2.32. The molecule has 1 amide bonds. The van der Waals surface area contributed by atoms with Crippen molar-refractivity contribution in [3.63, 3.8) is 0 Å². The minimum Gasteiger partial charge on any atom is -0.384 e. The van der Waals surface area contributed by atoms with Gasteiger partial charge in [-0.05, 0) is 39.8 Å². The van der Waals surface area contributed by atoms with Gasteiger partial charge in [-0.3, -0.25) is 4.79 Å². The molecule has 3 rings (SSSR count). The Morgan fingerprint density at radius 1 is 1.20 bits per heavy atom. The molecule has 1 aromatic carbocycles. The van der Waals surface area contributed by atoms with Crippen LogP contribution in [0.15, 0.2) is 18.2 Å². The standard InChI is InChI=1S/C14H17BClNO3/c1-13(2)14(3,4)20-15(19-13)17-11-7-5-6-10(16)9(11)8-12(17)18/h5-7H,8H2,1-4H3. The summed E-state index contributed by atoms with van der Waals surface area (Å²) in [6, 6.07) is 5.50. The molecule has 1 aromatic rings. The van der Waals surface area contributed by atoms with Crippen LogP contribution in [0.3, 0.4) is 0 Å². The number of nitrogens with zero attached hydrogens (tertiary/aromatic N) is 1. The molecule has 1 saturated heterocycles. The van der Waals surface area contributed by atoms with Crippen molar-refractivity contribution in [3.05, 3.63) is 28.8 Å². The number of carbonyl (C=O) groups excluding carboxylic acids is 1. The number of hydrogen-bond donors (Lipinski definition) is 0. The van der Waals surface area contributed by atoms with E-state index in [9.17, 15) is 4.79 Å². The number of hydrogen-bond acceptors (Lipinski definition) is 3. The Morgan fingerprint density at radius 3 is 2.40 bits per heavy atom. The zero-order valence-corrected chi connectivity index (χ0v) is 12.8. The van der Waals surface area contributed by atoms with Crippen molar-refractivity contribution >= 4 is 30.4 Å². The van der Waals surface area contributed by atoms with Gasteiger partial charge in [0.2, 0.25) is 5.91 Å². The summed E-state index contributed by atoms with van der Waals surface area (Å²) in [6.07, 6.45) is 0.291. The number of carbonyl (C=O) groups is 1. The summed E-state index contributed by atoms with van der Waals surface area (Å²) in [5.74, 6) is -0.0494. The third-order valence-corrected chi connectivity index (χ3v) is 4.76. The van der Waals surface area contributed by atoms with E-state index < -0.39 is 18.5 Å². The van der Waals surface area contributed by atoms with Crippen LogP contribution in [-0.2, 0) is 20.5 Å². The van der Waals surface area contributed by atoms with E-state index in [1.165, 1.54) is 0 Å². The summed E-state index contributed by atoms with van der Waals surface area (Å²) in [5, 5.41) is 0.606. The molecule has 4 nitrogen and oxygen atoms in total. The van der Waals surface area contributed by atoms with Gasteiger partial charge in [0.15, 0.2) is 0 Å². The number of benzene rings is 1. The highest BCUT2D eigenvalue weighted by molar-refractivity contribution is 6.58. The SMILES string of the molecule is CC1(C)OB(N2C(=O)Cc3c(Cl)cccc32)OC1(C)C. The lowest BCUT2D eigenvalue weighted by molar-refractivity contribution is -0.116. The van der Waals surface area contributed by atoms with Gasteiger partial charge >= 0.3 is 7.25 Å². The van der Waals surface area contributed by atoms with E-state index in [0.717, 1.165) is 11.3 Å². The molecule has 0 atom stereocenters. The zero-order valence-electron chi connectivity index (χ0n) is 12.1. The van der Waals surface area contributed by atoms with Gasteiger partial charge in [0, 0.05) is 16.3 Å². The molecule has 6 heteroatoms. The number of amides is 1. The van der Waals surface area contributed by atoms with E-state index >= 15 is 0 Å². The maximum atomic E-state index is 12.3. The topological polar surface area (TPSA) is 38.8 Å². The van der Waals surface area contributed by atoms with Crippen molar-refractivity contribution in [3.8, 4) is 0 Å². The van der Waals surface area contributed by atoms with Crippen LogP contribution in [0.25, 0.3) is 0 Å². The van der Waals surface area contributed by atoms with E-state index in [1.807, 2.05) is 39.8 Å². The van der Waals surface area contributed by atoms with Gasteiger partial charge < -0.3 is 14.1 Å². The Morgan fingerprint density at radius 2 is 1.80 bits per heavy atom. The van der Waals surface area contributed by atoms with E-state index in [1.54, 1.807) is 10.9 Å². The van der Waals surface area contributed by atoms with Crippen molar-refractivity contribution in [1.29, 1.82) is 0 Å². The second-order valence-electron chi connectivity index (χ2n) is 6.24. The van der Waals surface area contributed by atoms with Crippen LogP contribution in [0.5, 0.6) is 0 Å². The minimum absolute atomic E-state index is 0.0494. The average molecular weight is 294 g/mol. The van der Waals surface area contributed by atoms with Crippen LogP contribution < -0.4 is 4.81 Å². The van der Waals surface area contributed by atoms with E-state index in [0.29, 0.717) is 11.4 Å². The molecule has 1 fully saturated rings. The van der Waals surface area contributed by atoms with Crippen LogP contribution in [0.2, 0.25) is 5.02 Å². The van der Waals surface area contributed by atoms with E-state index in [2.05, 4.69) is 0 Å². The lowest BCUT2D eigenvalue weighted by Crippen LogP contribution is -2.44. The molecule has 0 aromatic heterocycles. The first kappa shape index (κ1) is 13.9. The molecule has 0 aliphatic carbocycles. The molecular weight excluding hydrogens is 276 g/mol. The summed E-state index contributed by atoms with van der Waals surface area (Å²) < 4.78 is 11.9. The summed E-state index contributed by atoms with van der Waals surface area (Å²) >= 11 is 6.16. The van der Waals surface area contributed by atoms with Crippen molar-refractivity contribution < 1.29 is 14.1 Å². The monoisotopic (exact) mass is 293 g/mol. The fourth-order valence-corrected chi connectivity index (χ4v) is 2.70. The van der Waals surface area contributed by atoms with Crippen LogP contribution in [0.1, 0.15) is 33.3 Å². The first-order valence-electron chi connectivity index (χ1n) is 6.68. The molecular formula is C14H17BClNO3. The van der Waals surface area contributed by atoms with Crippen molar-refractivity contribution in [2.24, 2.45) is 0 Å². The summed E-state index contributed by atoms with van der Waals surface area (Å²) in [5.41, 5.74) is 0.674. The van der Waals surface area contributed by atoms with Crippen LogP contribution in [-0.4, -0.2) is 24.4 Å². The molecule has 106 valence electrons. The lowest BCUT2D eigenvalue weighted by atomic mass is 9.90. The Kier molecular flexibility index (Phi) is 2.94. The highest BCUT2D eigenvalue weighted by atomic mass is 35.5. The van der Waals surface area contributed by atoms with Gasteiger partial charge in [0.1, 0.15) is 0 Å². The average Bonchev–Trinajstić information content (AvgIpc) is 2.74. The fourth-order valence-electron chi connectivity index (χ4n) is 2.47. The molecule has 2 aliphatic rings. The Hall–Kier alpha value is -1.04. The van der Waals surface area contributed by atoms with Crippen LogP contribution in [0, 0.1) is 0 Å². The number of fused-ring (bicyclic) bond motifs is 1. The maximum absolute atomic E-state index is 12.3. The highest BCUT2D eigenvalue weighted by Crippen LogP contribution is 2.42.